The van der Waals surface area contributed by atoms with E-state index in [0.717, 1.165) is 36.4 Å². The summed E-state index contributed by atoms with van der Waals surface area (Å²) in [7, 11) is 1.86. The van der Waals surface area contributed by atoms with Crippen LogP contribution in [-0.4, -0.2) is 39.9 Å². The molecule has 0 radical (unpaired) electrons. The maximum atomic E-state index is 12.1. The minimum absolute atomic E-state index is 0.0689. The summed E-state index contributed by atoms with van der Waals surface area (Å²) in [6.07, 6.45) is 8.66. The zero-order valence-electron chi connectivity index (χ0n) is 11.9. The first-order chi connectivity index (χ1) is 10.2. The van der Waals surface area contributed by atoms with Crippen molar-refractivity contribution < 1.29 is 9.53 Å². The third-order valence-corrected chi connectivity index (χ3v) is 4.50. The molecular formula is C14H18N4O2S. The number of carbonyl (C=O) groups is 1. The minimum Gasteiger partial charge on any atom is -0.378 e. The molecule has 0 saturated carbocycles. The van der Waals surface area contributed by atoms with Crippen LogP contribution in [-0.2, 0) is 11.8 Å². The zero-order valence-corrected chi connectivity index (χ0v) is 12.7. The third-order valence-electron chi connectivity index (χ3n) is 3.46. The van der Waals surface area contributed by atoms with Crippen LogP contribution >= 0.6 is 11.3 Å². The van der Waals surface area contributed by atoms with Gasteiger partial charge in [-0.15, -0.1) is 11.3 Å². The largest absolute Gasteiger partial charge is 0.378 e. The Morgan fingerprint density at radius 3 is 3.19 bits per heavy atom. The van der Waals surface area contributed by atoms with Crippen molar-refractivity contribution in [2.45, 2.75) is 25.4 Å². The van der Waals surface area contributed by atoms with Gasteiger partial charge in [0.2, 0.25) is 0 Å². The van der Waals surface area contributed by atoms with Gasteiger partial charge in [0.25, 0.3) is 5.91 Å². The van der Waals surface area contributed by atoms with Crippen molar-refractivity contribution >= 4 is 17.2 Å². The fourth-order valence-electron chi connectivity index (χ4n) is 2.35. The van der Waals surface area contributed by atoms with Gasteiger partial charge in [0.1, 0.15) is 9.88 Å². The van der Waals surface area contributed by atoms with Crippen molar-refractivity contribution in [1.82, 2.24) is 20.1 Å². The van der Waals surface area contributed by atoms with E-state index in [1.165, 1.54) is 11.3 Å². The molecule has 0 aliphatic carbocycles. The molecule has 6 nitrogen and oxygen atoms in total. The number of rotatable bonds is 5. The number of hydrogen-bond donors (Lipinski definition) is 1. The highest BCUT2D eigenvalue weighted by Crippen LogP contribution is 2.24. The quantitative estimate of drug-likeness (QED) is 0.915. The second-order valence-electron chi connectivity index (χ2n) is 5.11. The number of nitrogens with zero attached hydrogens (tertiary/aromatic N) is 3. The highest BCUT2D eigenvalue weighted by Gasteiger charge is 2.16. The number of ether oxygens (including phenoxy) is 1. The van der Waals surface area contributed by atoms with Gasteiger partial charge in [-0.1, -0.05) is 0 Å². The number of nitrogens with one attached hydrogen (secondary N) is 1. The lowest BCUT2D eigenvalue weighted by atomic mass is 10.2. The van der Waals surface area contributed by atoms with Gasteiger partial charge in [0.05, 0.1) is 18.5 Å². The molecule has 1 unspecified atom stereocenters. The monoisotopic (exact) mass is 306 g/mol. The molecule has 0 aromatic carbocycles. The van der Waals surface area contributed by atoms with E-state index in [1.54, 1.807) is 17.1 Å². The molecule has 112 valence electrons. The number of aryl methyl sites for hydroxylation is 1. The Morgan fingerprint density at radius 1 is 1.57 bits per heavy atom. The van der Waals surface area contributed by atoms with Crippen LogP contribution in [0, 0.1) is 0 Å². The van der Waals surface area contributed by atoms with E-state index in [0.29, 0.717) is 17.5 Å². The fourth-order valence-corrected chi connectivity index (χ4v) is 3.16. The number of carbonyl (C=O) groups excluding carboxylic acids is 1. The molecule has 0 bridgehead atoms. The minimum atomic E-state index is -0.0689. The molecule has 1 fully saturated rings. The average molecular weight is 306 g/mol. The molecule has 1 atom stereocenters. The van der Waals surface area contributed by atoms with E-state index >= 15 is 0 Å². The predicted molar refractivity (Wildman–Crippen MR) is 80.2 cm³/mol. The van der Waals surface area contributed by atoms with E-state index in [1.807, 2.05) is 13.2 Å². The van der Waals surface area contributed by atoms with Crippen LogP contribution in [0.2, 0.25) is 0 Å². The van der Waals surface area contributed by atoms with E-state index in [4.69, 9.17) is 4.74 Å². The van der Waals surface area contributed by atoms with E-state index < -0.39 is 0 Å². The van der Waals surface area contributed by atoms with Crippen molar-refractivity contribution in [2.75, 3.05) is 13.2 Å². The molecular weight excluding hydrogens is 288 g/mol. The van der Waals surface area contributed by atoms with Gasteiger partial charge >= 0.3 is 0 Å². The molecule has 7 heteroatoms. The van der Waals surface area contributed by atoms with Gasteiger partial charge < -0.3 is 10.1 Å². The van der Waals surface area contributed by atoms with Crippen molar-refractivity contribution in [3.63, 3.8) is 0 Å². The summed E-state index contributed by atoms with van der Waals surface area (Å²) >= 11 is 1.38. The van der Waals surface area contributed by atoms with Crippen LogP contribution < -0.4 is 5.32 Å². The van der Waals surface area contributed by atoms with Gasteiger partial charge in [0.15, 0.2) is 0 Å². The Kier molecular flexibility index (Phi) is 4.31. The second-order valence-corrected chi connectivity index (χ2v) is 6.14. The lowest BCUT2D eigenvalue weighted by molar-refractivity contribution is 0.0910. The van der Waals surface area contributed by atoms with Gasteiger partial charge in [-0.05, 0) is 19.3 Å². The number of aromatic nitrogens is 3. The number of thiazole rings is 1. The SMILES string of the molecule is Cn1cc(-c2ncc(C(=O)NCCC3CCCO3)s2)cn1. The number of amides is 1. The van der Waals surface area contributed by atoms with Crippen LogP contribution in [0.5, 0.6) is 0 Å². The van der Waals surface area contributed by atoms with Crippen LogP contribution in [0.25, 0.3) is 10.6 Å². The zero-order chi connectivity index (χ0) is 14.7. The van der Waals surface area contributed by atoms with Gasteiger partial charge in [-0.25, -0.2) is 4.98 Å². The van der Waals surface area contributed by atoms with E-state index in [-0.39, 0.29) is 5.91 Å². The molecule has 0 spiro atoms. The summed E-state index contributed by atoms with van der Waals surface area (Å²) < 4.78 is 7.25. The topological polar surface area (TPSA) is 69.0 Å². The molecule has 2 aromatic heterocycles. The molecule has 3 rings (SSSR count). The third kappa shape index (κ3) is 3.48. The van der Waals surface area contributed by atoms with Crippen LogP contribution in [0.4, 0.5) is 0 Å². The normalized spacial score (nSPS) is 18.0. The summed E-state index contributed by atoms with van der Waals surface area (Å²) in [6, 6.07) is 0. The summed E-state index contributed by atoms with van der Waals surface area (Å²) in [4.78, 5) is 17.0. The van der Waals surface area contributed by atoms with Gasteiger partial charge in [-0.3, -0.25) is 9.48 Å². The summed E-state index contributed by atoms with van der Waals surface area (Å²) in [5.41, 5.74) is 0.931. The van der Waals surface area contributed by atoms with Crippen molar-refractivity contribution in [3.05, 3.63) is 23.5 Å². The maximum absolute atomic E-state index is 12.1. The lowest BCUT2D eigenvalue weighted by Gasteiger charge is -2.09. The van der Waals surface area contributed by atoms with E-state index in [9.17, 15) is 4.79 Å². The summed E-state index contributed by atoms with van der Waals surface area (Å²) in [5.74, 6) is -0.0689. The first-order valence-corrected chi connectivity index (χ1v) is 7.88. The Labute approximate surface area is 127 Å². The van der Waals surface area contributed by atoms with Crippen molar-refractivity contribution in [2.24, 2.45) is 7.05 Å². The predicted octanol–water partition coefficient (Wildman–Crippen LogP) is 1.84. The molecule has 3 heterocycles. The second kappa shape index (κ2) is 6.36. The molecule has 1 N–H and O–H groups in total. The highest BCUT2D eigenvalue weighted by molar-refractivity contribution is 7.16. The van der Waals surface area contributed by atoms with Crippen LogP contribution in [0.1, 0.15) is 28.9 Å². The van der Waals surface area contributed by atoms with Gasteiger partial charge in [0, 0.05) is 32.0 Å². The Hall–Kier alpha value is -1.73. The molecule has 2 aromatic rings. The highest BCUT2D eigenvalue weighted by atomic mass is 32.1. The van der Waals surface area contributed by atoms with Crippen molar-refractivity contribution in [1.29, 1.82) is 0 Å². The standard InChI is InChI=1S/C14H18N4O2S/c1-18-9-10(7-17-18)14-16-8-12(21-14)13(19)15-5-4-11-3-2-6-20-11/h7-9,11H,2-6H2,1H3,(H,15,19). The van der Waals surface area contributed by atoms with Gasteiger partial charge in [-0.2, -0.15) is 5.10 Å². The average Bonchev–Trinajstić information content (AvgIpc) is 3.19. The van der Waals surface area contributed by atoms with Crippen LogP contribution in [0.15, 0.2) is 18.6 Å². The van der Waals surface area contributed by atoms with E-state index in [2.05, 4.69) is 15.4 Å². The fraction of sp³-hybridized carbons (Fsp3) is 0.500. The molecule has 1 aliphatic heterocycles. The first kappa shape index (κ1) is 14.2. The molecule has 1 saturated heterocycles. The summed E-state index contributed by atoms with van der Waals surface area (Å²) in [5, 5.41) is 7.85. The van der Waals surface area contributed by atoms with Crippen LogP contribution in [0.3, 0.4) is 0 Å². The number of hydrogen-bond acceptors (Lipinski definition) is 5. The Morgan fingerprint density at radius 2 is 2.48 bits per heavy atom. The Balaban J connectivity index is 1.54. The smallest absolute Gasteiger partial charge is 0.263 e. The first-order valence-electron chi connectivity index (χ1n) is 7.07. The molecule has 21 heavy (non-hydrogen) atoms. The lowest BCUT2D eigenvalue weighted by Crippen LogP contribution is -2.26. The Bertz CT molecular complexity index is 616. The molecule has 1 amide bonds. The summed E-state index contributed by atoms with van der Waals surface area (Å²) in [6.45, 7) is 1.49. The van der Waals surface area contributed by atoms with Crippen molar-refractivity contribution in [3.8, 4) is 10.6 Å². The maximum Gasteiger partial charge on any atom is 0.263 e. The molecule has 1 aliphatic rings.